The first-order valence-electron chi connectivity index (χ1n) is 9.77. The quantitative estimate of drug-likeness (QED) is 0.619. The summed E-state index contributed by atoms with van der Waals surface area (Å²) in [6.45, 7) is 0. The van der Waals surface area contributed by atoms with Crippen LogP contribution in [-0.4, -0.2) is 25.7 Å². The highest BCUT2D eigenvalue weighted by Gasteiger charge is 2.53. The molecule has 1 aromatic heterocycles. The van der Waals surface area contributed by atoms with Gasteiger partial charge < -0.3 is 10.4 Å². The maximum Gasteiger partial charge on any atom is 0.320 e. The number of carbonyl (C=O) groups is 1. The Balaban J connectivity index is 1.49. The molecule has 4 fully saturated rings. The van der Waals surface area contributed by atoms with E-state index in [1.165, 1.54) is 37.6 Å². The van der Waals surface area contributed by atoms with E-state index >= 15 is 0 Å². The van der Waals surface area contributed by atoms with Crippen LogP contribution in [0, 0.1) is 27.9 Å². The zero-order chi connectivity index (χ0) is 19.5. The summed E-state index contributed by atoms with van der Waals surface area (Å²) >= 11 is 0. The summed E-state index contributed by atoms with van der Waals surface area (Å²) in [5, 5.41) is 28.2. The highest BCUT2D eigenvalue weighted by molar-refractivity contribution is 6.05. The van der Waals surface area contributed by atoms with Crippen molar-refractivity contribution in [1.29, 1.82) is 0 Å². The number of phenols is 1. The molecule has 0 saturated heterocycles. The predicted octanol–water partition coefficient (Wildman–Crippen LogP) is 3.67. The number of benzene rings is 1. The van der Waals surface area contributed by atoms with Crippen LogP contribution in [-0.2, 0) is 5.54 Å². The number of nitrogens with zero attached hydrogens (tertiary/aromatic N) is 3. The van der Waals surface area contributed by atoms with Crippen LogP contribution in [0.4, 0.5) is 11.4 Å². The summed E-state index contributed by atoms with van der Waals surface area (Å²) in [7, 11) is 0. The average Bonchev–Trinajstić information content (AvgIpc) is 3.07. The van der Waals surface area contributed by atoms with E-state index in [9.17, 15) is 20.0 Å². The molecule has 6 rings (SSSR count). The van der Waals surface area contributed by atoms with Crippen molar-refractivity contribution in [2.75, 3.05) is 5.32 Å². The molecule has 0 aliphatic heterocycles. The topological polar surface area (TPSA) is 110 Å². The molecule has 0 atom stereocenters. The van der Waals surface area contributed by atoms with E-state index in [-0.39, 0.29) is 22.7 Å². The van der Waals surface area contributed by atoms with E-state index in [2.05, 4.69) is 10.4 Å². The number of anilines is 1. The maximum atomic E-state index is 12.7. The van der Waals surface area contributed by atoms with Gasteiger partial charge in [0.2, 0.25) is 5.69 Å². The van der Waals surface area contributed by atoms with Gasteiger partial charge in [0.05, 0.1) is 10.5 Å². The molecule has 146 valence electrons. The van der Waals surface area contributed by atoms with Crippen LogP contribution in [0.1, 0.15) is 49.0 Å². The molecule has 4 saturated carbocycles. The number of aromatic nitrogens is 2. The van der Waals surface area contributed by atoms with Crippen molar-refractivity contribution in [3.8, 4) is 5.75 Å². The van der Waals surface area contributed by atoms with Crippen LogP contribution in [0.25, 0.3) is 0 Å². The molecule has 0 spiro atoms. The van der Waals surface area contributed by atoms with Gasteiger partial charge in [-0.05, 0) is 68.4 Å². The van der Waals surface area contributed by atoms with Crippen molar-refractivity contribution in [3.05, 3.63) is 46.3 Å². The van der Waals surface area contributed by atoms with E-state index in [0.29, 0.717) is 23.4 Å². The van der Waals surface area contributed by atoms with Crippen molar-refractivity contribution in [3.63, 3.8) is 0 Å². The molecule has 0 unspecified atom stereocenters. The first-order chi connectivity index (χ1) is 13.4. The van der Waals surface area contributed by atoms with Crippen LogP contribution in [0.5, 0.6) is 5.75 Å². The Labute approximate surface area is 161 Å². The fourth-order valence-corrected chi connectivity index (χ4v) is 6.02. The normalized spacial score (nSPS) is 30.4. The number of aromatic hydroxyl groups is 1. The summed E-state index contributed by atoms with van der Waals surface area (Å²) in [6.07, 6.45) is 8.20. The first kappa shape index (κ1) is 17.2. The summed E-state index contributed by atoms with van der Waals surface area (Å²) in [4.78, 5) is 23.8. The highest BCUT2D eigenvalue weighted by atomic mass is 16.6. The number of carbonyl (C=O) groups excluding carboxylic acids is 1. The Hall–Kier alpha value is -2.90. The lowest BCUT2D eigenvalue weighted by molar-refractivity contribution is -0.385. The van der Waals surface area contributed by atoms with E-state index in [0.717, 1.165) is 19.3 Å². The van der Waals surface area contributed by atoms with Crippen molar-refractivity contribution in [2.24, 2.45) is 17.8 Å². The lowest BCUT2D eigenvalue weighted by atomic mass is 9.53. The van der Waals surface area contributed by atoms with Gasteiger partial charge in [0.15, 0.2) is 0 Å². The second kappa shape index (κ2) is 6.05. The second-order valence-corrected chi connectivity index (χ2v) is 8.71. The van der Waals surface area contributed by atoms with Gasteiger partial charge in [0.1, 0.15) is 11.9 Å². The lowest BCUT2D eigenvalue weighted by Gasteiger charge is -2.56. The van der Waals surface area contributed by atoms with Gasteiger partial charge in [-0.1, -0.05) is 6.07 Å². The molecular weight excluding hydrogens is 360 g/mol. The highest BCUT2D eigenvalue weighted by Crippen LogP contribution is 2.58. The minimum Gasteiger partial charge on any atom is -0.508 e. The van der Waals surface area contributed by atoms with Gasteiger partial charge in [-0.25, -0.2) is 0 Å². The standard InChI is InChI=1S/C20H22N4O4/c25-16-3-1-2-15(7-16)21-19(26)18-17(24(27)28)11-23(22-18)20-8-12-4-13(9-20)6-14(5-12)10-20/h1-3,7,11-14,25H,4-6,8-10H2,(H,21,26). The first-order valence-corrected chi connectivity index (χ1v) is 9.77. The molecule has 2 N–H and O–H groups in total. The van der Waals surface area contributed by atoms with Crippen LogP contribution in [0.15, 0.2) is 30.5 Å². The molecule has 8 heteroatoms. The van der Waals surface area contributed by atoms with E-state index < -0.39 is 10.8 Å². The molecule has 4 bridgehead atoms. The fraction of sp³-hybridized carbons (Fsp3) is 0.500. The Kier molecular flexibility index (Phi) is 3.72. The molecule has 1 heterocycles. The van der Waals surface area contributed by atoms with Gasteiger partial charge in [0.25, 0.3) is 5.91 Å². The molecule has 2 aromatic rings. The molecule has 8 nitrogen and oxygen atoms in total. The number of hydrogen-bond donors (Lipinski definition) is 2. The smallest absolute Gasteiger partial charge is 0.320 e. The predicted molar refractivity (Wildman–Crippen MR) is 101 cm³/mol. The third kappa shape index (κ3) is 2.75. The van der Waals surface area contributed by atoms with Crippen LogP contribution >= 0.6 is 0 Å². The molecule has 4 aliphatic rings. The Morgan fingerprint density at radius 2 is 1.86 bits per heavy atom. The molecule has 4 aliphatic carbocycles. The third-order valence-corrected chi connectivity index (χ3v) is 6.70. The zero-order valence-corrected chi connectivity index (χ0v) is 15.4. The minimum absolute atomic E-state index is 0.00592. The van der Waals surface area contributed by atoms with E-state index in [4.69, 9.17) is 0 Å². The second-order valence-electron chi connectivity index (χ2n) is 8.71. The monoisotopic (exact) mass is 382 g/mol. The number of phenolic OH excluding ortho intramolecular Hbond substituents is 1. The SMILES string of the molecule is O=C(Nc1cccc(O)c1)c1nn(C23CC4CC(CC(C4)C2)C3)cc1[N+](=O)[O-]. The summed E-state index contributed by atoms with van der Waals surface area (Å²) in [5.41, 5.74) is -0.274. The van der Waals surface area contributed by atoms with Crippen molar-refractivity contribution < 1.29 is 14.8 Å². The molecular formula is C20H22N4O4. The summed E-state index contributed by atoms with van der Waals surface area (Å²) < 4.78 is 1.73. The lowest BCUT2D eigenvalue weighted by Crippen LogP contribution is -2.52. The van der Waals surface area contributed by atoms with Gasteiger partial charge in [-0.3, -0.25) is 19.6 Å². The van der Waals surface area contributed by atoms with Crippen molar-refractivity contribution in [1.82, 2.24) is 9.78 Å². The van der Waals surface area contributed by atoms with Crippen molar-refractivity contribution >= 4 is 17.3 Å². The summed E-state index contributed by atoms with van der Waals surface area (Å²) in [6, 6.07) is 6.08. The van der Waals surface area contributed by atoms with Crippen LogP contribution in [0.2, 0.25) is 0 Å². The fourth-order valence-electron chi connectivity index (χ4n) is 6.02. The van der Waals surface area contributed by atoms with Crippen LogP contribution in [0.3, 0.4) is 0 Å². The Morgan fingerprint density at radius 3 is 2.43 bits per heavy atom. The Morgan fingerprint density at radius 1 is 1.21 bits per heavy atom. The summed E-state index contributed by atoms with van der Waals surface area (Å²) in [5.74, 6) is 1.37. The minimum atomic E-state index is -0.638. The van der Waals surface area contributed by atoms with Gasteiger partial charge in [-0.15, -0.1) is 0 Å². The number of nitrogens with one attached hydrogen (secondary N) is 1. The van der Waals surface area contributed by atoms with Gasteiger partial charge in [0, 0.05) is 11.8 Å². The van der Waals surface area contributed by atoms with Gasteiger partial charge >= 0.3 is 5.69 Å². The van der Waals surface area contributed by atoms with E-state index in [1.807, 2.05) is 0 Å². The molecule has 1 amide bonds. The molecule has 0 radical (unpaired) electrons. The molecule has 1 aromatic carbocycles. The van der Waals surface area contributed by atoms with Crippen molar-refractivity contribution in [2.45, 2.75) is 44.1 Å². The van der Waals surface area contributed by atoms with E-state index in [1.54, 1.807) is 16.8 Å². The molecule has 28 heavy (non-hydrogen) atoms. The Bertz CT molecular complexity index is 932. The van der Waals surface area contributed by atoms with Gasteiger partial charge in [-0.2, -0.15) is 5.10 Å². The number of nitro groups is 1. The number of amides is 1. The maximum absolute atomic E-state index is 12.7. The number of rotatable bonds is 4. The number of hydrogen-bond acceptors (Lipinski definition) is 5. The van der Waals surface area contributed by atoms with Crippen LogP contribution < -0.4 is 5.32 Å². The zero-order valence-electron chi connectivity index (χ0n) is 15.4. The largest absolute Gasteiger partial charge is 0.508 e. The third-order valence-electron chi connectivity index (χ3n) is 6.70. The average molecular weight is 382 g/mol.